The number of hydrogen-bond acceptors (Lipinski definition) is 4. The molecular formula is C12H18FNO3. The van der Waals surface area contributed by atoms with Gasteiger partial charge in [0.1, 0.15) is 11.6 Å². The Bertz CT molecular complexity index is 347. The molecule has 0 fully saturated rings. The summed E-state index contributed by atoms with van der Waals surface area (Å²) in [5.74, 6) is 0.354. The minimum absolute atomic E-state index is 0.268. The van der Waals surface area contributed by atoms with Gasteiger partial charge in [-0.1, -0.05) is 0 Å². The highest BCUT2D eigenvalue weighted by molar-refractivity contribution is 5.34. The number of aliphatic hydroxyl groups excluding tert-OH is 2. The smallest absolute Gasteiger partial charge is 0.123 e. The van der Waals surface area contributed by atoms with Crippen LogP contribution in [0.1, 0.15) is 5.56 Å². The summed E-state index contributed by atoms with van der Waals surface area (Å²) < 4.78 is 18.1. The molecule has 0 aliphatic heterocycles. The maximum absolute atomic E-state index is 13.0. The van der Waals surface area contributed by atoms with Gasteiger partial charge < -0.3 is 20.3 Å². The first-order chi connectivity index (χ1) is 8.17. The highest BCUT2D eigenvalue weighted by atomic mass is 19.1. The normalized spacial score (nSPS) is 12.5. The molecule has 0 aliphatic rings. The Balaban J connectivity index is 2.42. The van der Waals surface area contributed by atoms with Crippen molar-refractivity contribution in [1.29, 1.82) is 0 Å². The zero-order chi connectivity index (χ0) is 12.7. The molecule has 0 aliphatic carbocycles. The van der Waals surface area contributed by atoms with Gasteiger partial charge in [-0.05, 0) is 36.7 Å². The third-order valence-electron chi connectivity index (χ3n) is 2.40. The molecule has 1 unspecified atom stereocenters. The van der Waals surface area contributed by atoms with Crippen LogP contribution in [0.25, 0.3) is 0 Å². The molecule has 0 saturated heterocycles. The van der Waals surface area contributed by atoms with Gasteiger partial charge in [-0.3, -0.25) is 0 Å². The number of benzene rings is 1. The van der Waals surface area contributed by atoms with E-state index < -0.39 is 6.10 Å². The molecule has 0 spiro atoms. The summed E-state index contributed by atoms with van der Waals surface area (Å²) in [6, 6.07) is 4.38. The number of aliphatic hydroxyl groups is 2. The average molecular weight is 243 g/mol. The maximum Gasteiger partial charge on any atom is 0.123 e. The van der Waals surface area contributed by atoms with Crippen molar-refractivity contribution < 1.29 is 19.3 Å². The van der Waals surface area contributed by atoms with Crippen LogP contribution in [-0.2, 0) is 6.42 Å². The van der Waals surface area contributed by atoms with E-state index in [1.165, 1.54) is 12.1 Å². The minimum Gasteiger partial charge on any atom is -0.496 e. The second-order valence-electron chi connectivity index (χ2n) is 3.75. The van der Waals surface area contributed by atoms with Crippen molar-refractivity contribution in [1.82, 2.24) is 5.32 Å². The number of halogens is 1. The highest BCUT2D eigenvalue weighted by Gasteiger charge is 2.05. The summed E-state index contributed by atoms with van der Waals surface area (Å²) in [7, 11) is 1.54. The molecule has 3 N–H and O–H groups in total. The molecule has 0 amide bonds. The van der Waals surface area contributed by atoms with Gasteiger partial charge in [0.05, 0.1) is 19.8 Å². The summed E-state index contributed by atoms with van der Waals surface area (Å²) in [4.78, 5) is 0. The van der Waals surface area contributed by atoms with Crippen molar-refractivity contribution in [2.24, 2.45) is 0 Å². The molecular weight excluding hydrogens is 225 g/mol. The van der Waals surface area contributed by atoms with E-state index in [0.717, 1.165) is 5.56 Å². The van der Waals surface area contributed by atoms with E-state index in [1.54, 1.807) is 13.2 Å². The van der Waals surface area contributed by atoms with Crippen molar-refractivity contribution in [3.05, 3.63) is 29.6 Å². The Kier molecular flexibility index (Phi) is 5.90. The van der Waals surface area contributed by atoms with Crippen molar-refractivity contribution in [3.8, 4) is 5.75 Å². The summed E-state index contributed by atoms with van der Waals surface area (Å²) in [6.07, 6.45) is -0.163. The Morgan fingerprint density at radius 2 is 2.24 bits per heavy atom. The first-order valence-electron chi connectivity index (χ1n) is 5.49. The third kappa shape index (κ3) is 4.68. The predicted molar refractivity (Wildman–Crippen MR) is 62.6 cm³/mol. The standard InChI is InChI=1S/C12H18FNO3/c1-17-12-3-2-10(13)6-9(12)4-5-14-7-11(16)8-15/h2-3,6,11,14-16H,4-5,7-8H2,1H3. The van der Waals surface area contributed by atoms with Crippen LogP contribution < -0.4 is 10.1 Å². The molecule has 0 radical (unpaired) electrons. The molecule has 0 heterocycles. The lowest BCUT2D eigenvalue weighted by molar-refractivity contribution is 0.0947. The molecule has 96 valence electrons. The molecule has 0 aromatic heterocycles. The lowest BCUT2D eigenvalue weighted by Gasteiger charge is -2.11. The lowest BCUT2D eigenvalue weighted by Crippen LogP contribution is -2.30. The van der Waals surface area contributed by atoms with Crippen molar-refractivity contribution in [2.45, 2.75) is 12.5 Å². The molecule has 5 heteroatoms. The Morgan fingerprint density at radius 1 is 1.47 bits per heavy atom. The number of ether oxygens (including phenoxy) is 1. The Labute approximate surface area is 100 Å². The van der Waals surface area contributed by atoms with Gasteiger partial charge in [-0.25, -0.2) is 4.39 Å². The number of hydrogen-bond donors (Lipinski definition) is 3. The first-order valence-corrected chi connectivity index (χ1v) is 5.49. The summed E-state index contributed by atoms with van der Waals surface area (Å²) in [6.45, 7) is 0.626. The zero-order valence-corrected chi connectivity index (χ0v) is 9.82. The second kappa shape index (κ2) is 7.21. The lowest BCUT2D eigenvalue weighted by atomic mass is 10.1. The largest absolute Gasteiger partial charge is 0.496 e. The summed E-state index contributed by atoms with van der Waals surface area (Å²) in [5, 5.41) is 20.7. The van der Waals surface area contributed by atoms with Crippen LogP contribution in [0, 0.1) is 5.82 Å². The SMILES string of the molecule is COc1ccc(F)cc1CCNCC(O)CO. The monoisotopic (exact) mass is 243 g/mol. The van der Waals surface area contributed by atoms with Crippen LogP contribution in [0.3, 0.4) is 0 Å². The van der Waals surface area contributed by atoms with Gasteiger partial charge in [-0.15, -0.1) is 0 Å². The zero-order valence-electron chi connectivity index (χ0n) is 9.82. The molecule has 1 atom stereocenters. The fourth-order valence-corrected chi connectivity index (χ4v) is 1.50. The van der Waals surface area contributed by atoms with Crippen LogP contribution in [0.4, 0.5) is 4.39 Å². The molecule has 17 heavy (non-hydrogen) atoms. The van der Waals surface area contributed by atoms with Gasteiger partial charge in [-0.2, -0.15) is 0 Å². The summed E-state index contributed by atoms with van der Waals surface area (Å²) in [5.41, 5.74) is 0.776. The van der Waals surface area contributed by atoms with E-state index in [1.807, 2.05) is 0 Å². The number of nitrogens with one attached hydrogen (secondary N) is 1. The predicted octanol–water partition coefficient (Wildman–Crippen LogP) is 0.320. The topological polar surface area (TPSA) is 61.7 Å². The van der Waals surface area contributed by atoms with E-state index in [4.69, 9.17) is 14.9 Å². The Morgan fingerprint density at radius 3 is 2.88 bits per heavy atom. The van der Waals surface area contributed by atoms with E-state index in [0.29, 0.717) is 25.3 Å². The fourth-order valence-electron chi connectivity index (χ4n) is 1.50. The molecule has 0 bridgehead atoms. The van der Waals surface area contributed by atoms with Crippen LogP contribution >= 0.6 is 0 Å². The van der Waals surface area contributed by atoms with Crippen LogP contribution in [0.2, 0.25) is 0 Å². The molecule has 0 saturated carbocycles. The fraction of sp³-hybridized carbons (Fsp3) is 0.500. The Hall–Kier alpha value is -1.17. The van der Waals surface area contributed by atoms with E-state index in [2.05, 4.69) is 5.32 Å². The second-order valence-corrected chi connectivity index (χ2v) is 3.75. The van der Waals surface area contributed by atoms with Crippen LogP contribution in [0.5, 0.6) is 5.75 Å². The van der Waals surface area contributed by atoms with E-state index in [9.17, 15) is 4.39 Å². The van der Waals surface area contributed by atoms with Crippen molar-refractivity contribution in [3.63, 3.8) is 0 Å². The van der Waals surface area contributed by atoms with E-state index >= 15 is 0 Å². The molecule has 4 nitrogen and oxygen atoms in total. The molecule has 1 aromatic rings. The molecule has 1 aromatic carbocycles. The van der Waals surface area contributed by atoms with Crippen LogP contribution in [-0.4, -0.2) is 43.1 Å². The van der Waals surface area contributed by atoms with Crippen molar-refractivity contribution >= 4 is 0 Å². The van der Waals surface area contributed by atoms with Gasteiger partial charge >= 0.3 is 0 Å². The van der Waals surface area contributed by atoms with Gasteiger partial charge in [0, 0.05) is 6.54 Å². The molecule has 1 rings (SSSR count). The summed E-state index contributed by atoms with van der Waals surface area (Å²) >= 11 is 0. The quantitative estimate of drug-likeness (QED) is 0.604. The van der Waals surface area contributed by atoms with Gasteiger partial charge in [0.15, 0.2) is 0 Å². The number of methoxy groups -OCH3 is 1. The first kappa shape index (κ1) is 13.9. The van der Waals surface area contributed by atoms with Crippen LogP contribution in [0.15, 0.2) is 18.2 Å². The maximum atomic E-state index is 13.0. The highest BCUT2D eigenvalue weighted by Crippen LogP contribution is 2.19. The van der Waals surface area contributed by atoms with E-state index in [-0.39, 0.29) is 12.4 Å². The third-order valence-corrected chi connectivity index (χ3v) is 2.40. The van der Waals surface area contributed by atoms with Gasteiger partial charge in [0.25, 0.3) is 0 Å². The number of rotatable bonds is 7. The minimum atomic E-state index is -0.760. The van der Waals surface area contributed by atoms with Crippen molar-refractivity contribution in [2.75, 3.05) is 26.8 Å². The van der Waals surface area contributed by atoms with Gasteiger partial charge in [0.2, 0.25) is 0 Å². The average Bonchev–Trinajstić information content (AvgIpc) is 2.34.